The van der Waals surface area contributed by atoms with E-state index >= 15 is 0 Å². The number of hydrogen-bond acceptors (Lipinski definition) is 3. The number of halogens is 1. The van der Waals surface area contributed by atoms with Crippen LogP contribution in [-0.2, 0) is 17.9 Å². The summed E-state index contributed by atoms with van der Waals surface area (Å²) >= 11 is 2.24. The molecule has 0 spiro atoms. The summed E-state index contributed by atoms with van der Waals surface area (Å²) in [6, 6.07) is 1.90. The molecule has 0 saturated heterocycles. The van der Waals surface area contributed by atoms with Crippen LogP contribution in [0.1, 0.15) is 18.5 Å². The Morgan fingerprint density at radius 2 is 2.25 bits per heavy atom. The highest BCUT2D eigenvalue weighted by molar-refractivity contribution is 14.1. The number of carbonyl (C=O) groups excluding carboxylic acids is 1. The smallest absolute Gasteiger partial charge is 0.221 e. The van der Waals surface area contributed by atoms with E-state index in [2.05, 4.69) is 38.1 Å². The summed E-state index contributed by atoms with van der Waals surface area (Å²) in [5.74, 6) is 0.0652. The zero-order valence-corrected chi connectivity index (χ0v) is 13.6. The van der Waals surface area contributed by atoms with Crippen LogP contribution in [0.25, 0.3) is 0 Å². The summed E-state index contributed by atoms with van der Waals surface area (Å²) in [6.07, 6.45) is 6.83. The third-order valence-electron chi connectivity index (χ3n) is 3.04. The molecule has 1 N–H and O–H groups in total. The van der Waals surface area contributed by atoms with Crippen molar-refractivity contribution in [2.24, 2.45) is 0 Å². The third kappa shape index (κ3) is 4.32. The molecule has 0 aromatic carbocycles. The second kappa shape index (κ2) is 7.41. The van der Waals surface area contributed by atoms with Crippen molar-refractivity contribution in [2.75, 3.05) is 6.54 Å². The molecule has 7 heteroatoms. The number of aromatic nitrogens is 4. The zero-order valence-electron chi connectivity index (χ0n) is 11.4. The summed E-state index contributed by atoms with van der Waals surface area (Å²) in [7, 11) is 0. The van der Waals surface area contributed by atoms with Crippen LogP contribution in [0, 0.1) is 10.5 Å². The minimum absolute atomic E-state index is 0.0652. The lowest BCUT2D eigenvalue weighted by Gasteiger charge is -2.07. The van der Waals surface area contributed by atoms with Crippen molar-refractivity contribution in [2.45, 2.75) is 32.9 Å². The maximum Gasteiger partial charge on any atom is 0.221 e. The van der Waals surface area contributed by atoms with Crippen LogP contribution >= 0.6 is 22.6 Å². The quantitative estimate of drug-likeness (QED) is 0.580. The molecule has 2 aromatic rings. The van der Waals surface area contributed by atoms with Gasteiger partial charge in [0.25, 0.3) is 0 Å². The lowest BCUT2D eigenvalue weighted by atomic mass is 10.3. The molecule has 2 rings (SSSR count). The average Bonchev–Trinajstić information content (AvgIpc) is 3.05. The van der Waals surface area contributed by atoms with E-state index in [1.165, 1.54) is 0 Å². The largest absolute Gasteiger partial charge is 0.356 e. The van der Waals surface area contributed by atoms with Gasteiger partial charge in [-0.2, -0.15) is 10.2 Å². The van der Waals surface area contributed by atoms with Crippen molar-refractivity contribution in [3.05, 3.63) is 33.9 Å². The van der Waals surface area contributed by atoms with Crippen LogP contribution in [0.4, 0.5) is 0 Å². The number of amides is 1. The predicted octanol–water partition coefficient (Wildman–Crippen LogP) is 1.59. The summed E-state index contributed by atoms with van der Waals surface area (Å²) in [5.41, 5.74) is 1.11. The summed E-state index contributed by atoms with van der Waals surface area (Å²) in [6.45, 7) is 4.13. The summed E-state index contributed by atoms with van der Waals surface area (Å²) in [4.78, 5) is 11.7. The first-order valence-electron chi connectivity index (χ1n) is 6.59. The van der Waals surface area contributed by atoms with E-state index in [1.54, 1.807) is 6.20 Å². The molecule has 6 nitrogen and oxygen atoms in total. The van der Waals surface area contributed by atoms with Crippen LogP contribution in [0.5, 0.6) is 0 Å². The van der Waals surface area contributed by atoms with Crippen LogP contribution in [-0.4, -0.2) is 32.0 Å². The van der Waals surface area contributed by atoms with Crippen molar-refractivity contribution >= 4 is 28.5 Å². The van der Waals surface area contributed by atoms with Gasteiger partial charge in [0.05, 0.1) is 9.77 Å². The Kier molecular flexibility index (Phi) is 5.57. The van der Waals surface area contributed by atoms with Gasteiger partial charge in [-0.3, -0.25) is 14.2 Å². The van der Waals surface area contributed by atoms with E-state index in [9.17, 15) is 4.79 Å². The highest BCUT2D eigenvalue weighted by Gasteiger charge is 2.06. The molecule has 0 atom stereocenters. The second-order valence-electron chi connectivity index (χ2n) is 4.52. The maximum absolute atomic E-state index is 11.7. The van der Waals surface area contributed by atoms with Crippen LogP contribution < -0.4 is 5.32 Å². The molecule has 0 bridgehead atoms. The van der Waals surface area contributed by atoms with Crippen molar-refractivity contribution in [1.82, 2.24) is 24.9 Å². The van der Waals surface area contributed by atoms with Gasteiger partial charge < -0.3 is 5.32 Å². The number of rotatable bonds is 7. The Labute approximate surface area is 131 Å². The number of nitrogens with one attached hydrogen (secondary N) is 1. The van der Waals surface area contributed by atoms with Crippen LogP contribution in [0.3, 0.4) is 0 Å². The molecule has 1 amide bonds. The van der Waals surface area contributed by atoms with E-state index in [4.69, 9.17) is 0 Å². The van der Waals surface area contributed by atoms with Crippen molar-refractivity contribution in [3.8, 4) is 0 Å². The van der Waals surface area contributed by atoms with Crippen LogP contribution in [0.15, 0.2) is 24.7 Å². The van der Waals surface area contributed by atoms with Gasteiger partial charge in [-0.1, -0.05) is 0 Å². The molecule has 0 aliphatic heterocycles. The zero-order chi connectivity index (χ0) is 14.4. The molecule has 20 heavy (non-hydrogen) atoms. The first kappa shape index (κ1) is 15.0. The Hall–Kier alpha value is -1.38. The molecule has 2 heterocycles. The van der Waals surface area contributed by atoms with E-state index in [-0.39, 0.29) is 5.91 Å². The molecular weight excluding hydrogens is 369 g/mol. The fraction of sp³-hybridized carbons (Fsp3) is 0.462. The average molecular weight is 387 g/mol. The Morgan fingerprint density at radius 1 is 1.40 bits per heavy atom. The topological polar surface area (TPSA) is 64.7 Å². The fourth-order valence-electron chi connectivity index (χ4n) is 1.85. The third-order valence-corrected chi connectivity index (χ3v) is 4.10. The predicted molar refractivity (Wildman–Crippen MR) is 84.2 cm³/mol. The molecular formula is C13H18IN5O. The monoisotopic (exact) mass is 387 g/mol. The first-order chi connectivity index (χ1) is 9.66. The van der Waals surface area contributed by atoms with Gasteiger partial charge in [0, 0.05) is 44.1 Å². The minimum atomic E-state index is 0.0652. The number of carbonyl (C=O) groups is 1. The van der Waals surface area contributed by atoms with Gasteiger partial charge in [0.1, 0.15) is 0 Å². The molecule has 0 unspecified atom stereocenters. The lowest BCUT2D eigenvalue weighted by Crippen LogP contribution is -2.26. The van der Waals surface area contributed by atoms with E-state index in [1.807, 2.05) is 34.7 Å². The number of hydrogen-bond donors (Lipinski definition) is 1. The number of aryl methyl sites for hydroxylation is 2. The molecule has 0 radical (unpaired) electrons. The molecule has 108 valence electrons. The normalized spacial score (nSPS) is 10.7. The van der Waals surface area contributed by atoms with Crippen molar-refractivity contribution in [1.29, 1.82) is 0 Å². The standard InChI is InChI=1S/C13H18IN5O/c1-11-12(14)10-17-19(11)9-4-13(20)15-5-2-7-18-8-3-6-16-18/h3,6,8,10H,2,4-5,7,9H2,1H3,(H,15,20). The van der Waals surface area contributed by atoms with Gasteiger partial charge in [-0.15, -0.1) is 0 Å². The Morgan fingerprint density at radius 3 is 2.90 bits per heavy atom. The SMILES string of the molecule is Cc1c(I)cnn1CCC(=O)NCCCn1cccn1. The van der Waals surface area contributed by atoms with Gasteiger partial charge in [0.15, 0.2) is 0 Å². The Bertz CT molecular complexity index is 549. The fourth-order valence-corrected chi connectivity index (χ4v) is 2.25. The van der Waals surface area contributed by atoms with Gasteiger partial charge in [-0.05, 0) is 42.0 Å². The van der Waals surface area contributed by atoms with E-state index in [0.717, 1.165) is 22.2 Å². The van der Waals surface area contributed by atoms with Gasteiger partial charge in [-0.25, -0.2) is 0 Å². The maximum atomic E-state index is 11.7. The van der Waals surface area contributed by atoms with E-state index < -0.39 is 0 Å². The number of nitrogens with zero attached hydrogens (tertiary/aromatic N) is 4. The highest BCUT2D eigenvalue weighted by atomic mass is 127. The highest BCUT2D eigenvalue weighted by Crippen LogP contribution is 2.09. The molecule has 2 aromatic heterocycles. The van der Waals surface area contributed by atoms with Gasteiger partial charge in [0.2, 0.25) is 5.91 Å². The molecule has 0 aliphatic rings. The van der Waals surface area contributed by atoms with Crippen LogP contribution in [0.2, 0.25) is 0 Å². The van der Waals surface area contributed by atoms with Crippen molar-refractivity contribution in [3.63, 3.8) is 0 Å². The minimum Gasteiger partial charge on any atom is -0.356 e. The van der Waals surface area contributed by atoms with E-state index in [0.29, 0.717) is 19.5 Å². The molecule has 0 saturated carbocycles. The van der Waals surface area contributed by atoms with Gasteiger partial charge >= 0.3 is 0 Å². The molecule has 0 fully saturated rings. The first-order valence-corrected chi connectivity index (χ1v) is 7.66. The molecule has 0 aliphatic carbocycles. The lowest BCUT2D eigenvalue weighted by molar-refractivity contribution is -0.121. The van der Waals surface area contributed by atoms with Crippen molar-refractivity contribution < 1.29 is 4.79 Å². The summed E-state index contributed by atoms with van der Waals surface area (Å²) in [5, 5.41) is 11.3. The summed E-state index contributed by atoms with van der Waals surface area (Å²) < 4.78 is 4.86. The Balaban J connectivity index is 1.62. The second-order valence-corrected chi connectivity index (χ2v) is 5.69.